The van der Waals surface area contributed by atoms with Gasteiger partial charge in [0, 0.05) is 0 Å². The van der Waals surface area contributed by atoms with Gasteiger partial charge < -0.3 is 16.6 Å². The van der Waals surface area contributed by atoms with Crippen molar-refractivity contribution in [3.63, 3.8) is 0 Å². The molecule has 2 amide bonds. The van der Waals surface area contributed by atoms with Crippen molar-refractivity contribution in [3.8, 4) is 0 Å². The zero-order chi connectivity index (χ0) is 16.7. The number of benzene rings is 3. The summed E-state index contributed by atoms with van der Waals surface area (Å²) in [7, 11) is 0. The molecule has 0 radical (unpaired) electrons. The van der Waals surface area contributed by atoms with E-state index in [4.69, 9.17) is 11.5 Å². The molecule has 0 unspecified atom stereocenters. The zero-order valence-electron chi connectivity index (χ0n) is 11.9. The Labute approximate surface area is 130 Å². The maximum Gasteiger partial charge on any atom is 0.336 e. The Kier molecular flexibility index (Phi) is 3.22. The van der Waals surface area contributed by atoms with Crippen molar-refractivity contribution in [2.75, 3.05) is 0 Å². The van der Waals surface area contributed by atoms with E-state index in [1.807, 2.05) is 24.3 Å². The number of carbonyl (C=O) groups excluding carboxylic acids is 2. The second-order valence-corrected chi connectivity index (χ2v) is 5.13. The molecule has 0 saturated carbocycles. The topological polar surface area (TPSA) is 123 Å². The predicted octanol–water partition coefficient (Wildman–Crippen LogP) is 1.89. The Balaban J connectivity index is 2.58. The molecule has 5 N–H and O–H groups in total. The van der Waals surface area contributed by atoms with E-state index in [-0.39, 0.29) is 16.7 Å². The summed E-state index contributed by atoms with van der Waals surface area (Å²) >= 11 is 0. The number of carboxylic acid groups (broad SMARTS) is 1. The van der Waals surface area contributed by atoms with Crippen LogP contribution in [0.5, 0.6) is 0 Å². The van der Waals surface area contributed by atoms with E-state index in [9.17, 15) is 19.5 Å². The number of primary amides is 2. The van der Waals surface area contributed by atoms with E-state index in [2.05, 4.69) is 0 Å². The minimum Gasteiger partial charge on any atom is -0.478 e. The van der Waals surface area contributed by atoms with Gasteiger partial charge >= 0.3 is 5.97 Å². The quantitative estimate of drug-likeness (QED) is 0.639. The lowest BCUT2D eigenvalue weighted by molar-refractivity contribution is 0.0692. The van der Waals surface area contributed by atoms with Gasteiger partial charge in [0.1, 0.15) is 0 Å². The first-order valence-corrected chi connectivity index (χ1v) is 6.72. The molecule has 3 aromatic carbocycles. The highest BCUT2D eigenvalue weighted by Crippen LogP contribution is 2.30. The highest BCUT2D eigenvalue weighted by molar-refractivity contribution is 6.20. The molecule has 0 spiro atoms. The van der Waals surface area contributed by atoms with Crippen LogP contribution in [0.3, 0.4) is 0 Å². The molecule has 0 aliphatic carbocycles. The van der Waals surface area contributed by atoms with E-state index in [0.29, 0.717) is 10.8 Å². The summed E-state index contributed by atoms with van der Waals surface area (Å²) in [4.78, 5) is 35.0. The van der Waals surface area contributed by atoms with Crippen molar-refractivity contribution < 1.29 is 19.5 Å². The molecule has 0 bridgehead atoms. The highest BCUT2D eigenvalue weighted by Gasteiger charge is 2.24. The van der Waals surface area contributed by atoms with Gasteiger partial charge in [0.15, 0.2) is 0 Å². The molecule has 0 saturated heterocycles. The van der Waals surface area contributed by atoms with E-state index in [0.717, 1.165) is 10.8 Å². The van der Waals surface area contributed by atoms with Crippen LogP contribution in [0, 0.1) is 0 Å². The lowest BCUT2D eigenvalue weighted by atomic mass is 9.91. The van der Waals surface area contributed by atoms with Gasteiger partial charge in [-0.2, -0.15) is 0 Å². The van der Waals surface area contributed by atoms with Gasteiger partial charge in [-0.3, -0.25) is 9.59 Å². The fourth-order valence-electron chi connectivity index (χ4n) is 2.77. The normalized spacial score (nSPS) is 10.8. The number of carbonyl (C=O) groups is 3. The molecule has 23 heavy (non-hydrogen) atoms. The molecule has 3 aromatic rings. The van der Waals surface area contributed by atoms with Crippen molar-refractivity contribution in [1.29, 1.82) is 0 Å². The van der Waals surface area contributed by atoms with Crippen LogP contribution in [-0.4, -0.2) is 22.9 Å². The number of nitrogens with two attached hydrogens (primary N) is 2. The van der Waals surface area contributed by atoms with Crippen LogP contribution in [0.2, 0.25) is 0 Å². The third-order valence-corrected chi connectivity index (χ3v) is 3.73. The van der Waals surface area contributed by atoms with E-state index in [1.54, 1.807) is 12.1 Å². The standard InChI is InChI=1S/C17H12N2O4/c18-15(20)13-11-6-9-4-2-1-3-8(9)5-10(11)7-12(17(22)23)14(13)16(19)21/h1-7H,(H2,18,20)(H2,19,21)(H,22,23). The molecular formula is C17H12N2O4. The van der Waals surface area contributed by atoms with Crippen LogP contribution in [-0.2, 0) is 0 Å². The monoisotopic (exact) mass is 308 g/mol. The second-order valence-electron chi connectivity index (χ2n) is 5.13. The molecule has 0 heterocycles. The fraction of sp³-hybridized carbons (Fsp3) is 0. The van der Waals surface area contributed by atoms with Crippen LogP contribution in [0.4, 0.5) is 0 Å². The van der Waals surface area contributed by atoms with Gasteiger partial charge in [0.25, 0.3) is 0 Å². The first kappa shape index (κ1) is 14.5. The second kappa shape index (κ2) is 5.10. The number of hydrogen-bond acceptors (Lipinski definition) is 3. The Morgan fingerprint density at radius 3 is 1.87 bits per heavy atom. The van der Waals surface area contributed by atoms with Crippen LogP contribution in [0.1, 0.15) is 31.1 Å². The molecule has 6 heteroatoms. The van der Waals surface area contributed by atoms with Crippen molar-refractivity contribution >= 4 is 39.3 Å². The summed E-state index contributed by atoms with van der Waals surface area (Å²) in [6.45, 7) is 0. The number of aromatic carboxylic acids is 1. The summed E-state index contributed by atoms with van der Waals surface area (Å²) < 4.78 is 0. The minimum atomic E-state index is -1.35. The van der Waals surface area contributed by atoms with Gasteiger partial charge in [-0.15, -0.1) is 0 Å². The smallest absolute Gasteiger partial charge is 0.336 e. The Morgan fingerprint density at radius 2 is 1.35 bits per heavy atom. The molecule has 0 fully saturated rings. The number of hydrogen-bond donors (Lipinski definition) is 3. The average molecular weight is 308 g/mol. The highest BCUT2D eigenvalue weighted by atomic mass is 16.4. The number of fused-ring (bicyclic) bond motifs is 2. The van der Waals surface area contributed by atoms with Gasteiger partial charge in [-0.25, -0.2) is 4.79 Å². The lowest BCUT2D eigenvalue weighted by Gasteiger charge is -2.12. The summed E-state index contributed by atoms with van der Waals surface area (Å²) in [5.74, 6) is -3.26. The summed E-state index contributed by atoms with van der Waals surface area (Å²) in [6.07, 6.45) is 0. The first-order valence-electron chi connectivity index (χ1n) is 6.72. The molecule has 0 aliphatic rings. The van der Waals surface area contributed by atoms with Gasteiger partial charge in [-0.1, -0.05) is 24.3 Å². The van der Waals surface area contributed by atoms with Gasteiger partial charge in [0.05, 0.1) is 16.7 Å². The average Bonchev–Trinajstić information content (AvgIpc) is 2.50. The van der Waals surface area contributed by atoms with Crippen molar-refractivity contribution in [2.45, 2.75) is 0 Å². The first-order chi connectivity index (χ1) is 10.9. The molecular weight excluding hydrogens is 296 g/mol. The number of carboxylic acids is 1. The summed E-state index contributed by atoms with van der Waals surface area (Å²) in [6, 6.07) is 12.2. The maximum absolute atomic E-state index is 11.9. The minimum absolute atomic E-state index is 0.168. The van der Waals surface area contributed by atoms with Crippen LogP contribution >= 0.6 is 0 Å². The third-order valence-electron chi connectivity index (χ3n) is 3.73. The van der Waals surface area contributed by atoms with Crippen LogP contribution in [0.25, 0.3) is 21.5 Å². The molecule has 3 rings (SSSR count). The van der Waals surface area contributed by atoms with Crippen LogP contribution in [0.15, 0.2) is 42.5 Å². The van der Waals surface area contributed by atoms with Crippen molar-refractivity contribution in [1.82, 2.24) is 0 Å². The molecule has 0 atom stereocenters. The molecule has 0 aromatic heterocycles. The van der Waals surface area contributed by atoms with E-state index < -0.39 is 17.8 Å². The van der Waals surface area contributed by atoms with E-state index >= 15 is 0 Å². The zero-order valence-corrected chi connectivity index (χ0v) is 11.9. The molecule has 114 valence electrons. The van der Waals surface area contributed by atoms with E-state index in [1.165, 1.54) is 6.07 Å². The van der Waals surface area contributed by atoms with Crippen molar-refractivity contribution in [3.05, 3.63) is 59.2 Å². The largest absolute Gasteiger partial charge is 0.478 e. The fourth-order valence-corrected chi connectivity index (χ4v) is 2.77. The molecule has 6 nitrogen and oxygen atoms in total. The van der Waals surface area contributed by atoms with Crippen LogP contribution < -0.4 is 11.5 Å². The lowest BCUT2D eigenvalue weighted by Crippen LogP contribution is -2.24. The predicted molar refractivity (Wildman–Crippen MR) is 85.4 cm³/mol. The number of amides is 2. The Hall–Kier alpha value is -3.41. The molecule has 0 aliphatic heterocycles. The Morgan fingerprint density at radius 1 is 0.783 bits per heavy atom. The van der Waals surface area contributed by atoms with Gasteiger partial charge in [0.2, 0.25) is 11.8 Å². The number of rotatable bonds is 3. The summed E-state index contributed by atoms with van der Waals surface area (Å²) in [5, 5.41) is 11.9. The SMILES string of the molecule is NC(=O)c1c(C(=O)O)cc2cc3ccccc3cc2c1C(N)=O. The third kappa shape index (κ3) is 2.26. The summed E-state index contributed by atoms with van der Waals surface area (Å²) in [5.41, 5.74) is 9.80. The Bertz CT molecular complexity index is 1010. The van der Waals surface area contributed by atoms with Crippen molar-refractivity contribution in [2.24, 2.45) is 11.5 Å². The van der Waals surface area contributed by atoms with Gasteiger partial charge in [-0.05, 0) is 39.7 Å². The maximum atomic E-state index is 11.9.